The maximum absolute atomic E-state index is 10.6. The second-order valence-electron chi connectivity index (χ2n) is 4.93. The van der Waals surface area contributed by atoms with E-state index in [1.165, 1.54) is 12.1 Å². The van der Waals surface area contributed by atoms with Crippen molar-refractivity contribution in [3.63, 3.8) is 0 Å². The van der Waals surface area contributed by atoms with Gasteiger partial charge in [0.25, 0.3) is 5.69 Å². The summed E-state index contributed by atoms with van der Waals surface area (Å²) in [7, 11) is 0. The molecule has 0 saturated heterocycles. The number of benzene rings is 2. The summed E-state index contributed by atoms with van der Waals surface area (Å²) in [5.74, 6) is 0.490. The zero-order valence-electron chi connectivity index (χ0n) is 12.4. The standard InChI is InChI=1S/C16H13N5O3/c17-16(20-15-8-7-10(9-18-15)21(23)24)19-13-5-1-4-12-11(13)3-2-6-14(12)22/h1-9,22H,(H3,17,18,19,20). The van der Waals surface area contributed by atoms with Crippen LogP contribution in [-0.4, -0.2) is 21.0 Å². The van der Waals surface area contributed by atoms with Crippen LogP contribution in [-0.2, 0) is 0 Å². The van der Waals surface area contributed by atoms with Gasteiger partial charge in [-0.25, -0.2) is 4.98 Å². The summed E-state index contributed by atoms with van der Waals surface area (Å²) in [6.45, 7) is 0. The fraction of sp³-hybridized carbons (Fsp3) is 0. The number of phenolic OH excluding ortho intramolecular Hbond substituents is 1. The van der Waals surface area contributed by atoms with E-state index in [9.17, 15) is 15.2 Å². The second kappa shape index (κ2) is 6.21. The third-order valence-corrected chi connectivity index (χ3v) is 3.34. The van der Waals surface area contributed by atoms with Crippen molar-refractivity contribution >= 4 is 33.9 Å². The molecule has 24 heavy (non-hydrogen) atoms. The zero-order valence-corrected chi connectivity index (χ0v) is 12.4. The lowest BCUT2D eigenvalue weighted by Crippen LogP contribution is -2.22. The van der Waals surface area contributed by atoms with Gasteiger partial charge in [-0.15, -0.1) is 0 Å². The number of aromatic nitrogens is 1. The SMILES string of the molecule is NC(=Nc1ccc([N+](=O)[O-])cn1)Nc1cccc2c(O)cccc12. The number of hydrogen-bond acceptors (Lipinski definition) is 5. The number of pyridine rings is 1. The van der Waals surface area contributed by atoms with Gasteiger partial charge in [-0.1, -0.05) is 24.3 Å². The molecule has 0 unspecified atom stereocenters. The van der Waals surface area contributed by atoms with Crippen LogP contribution in [0.15, 0.2) is 59.7 Å². The second-order valence-corrected chi connectivity index (χ2v) is 4.93. The average Bonchev–Trinajstić information content (AvgIpc) is 2.56. The Bertz CT molecular complexity index is 938. The van der Waals surface area contributed by atoms with Gasteiger partial charge >= 0.3 is 0 Å². The fourth-order valence-corrected chi connectivity index (χ4v) is 2.24. The van der Waals surface area contributed by atoms with Crippen LogP contribution in [0.4, 0.5) is 17.2 Å². The highest BCUT2D eigenvalue weighted by Gasteiger charge is 2.07. The lowest BCUT2D eigenvalue weighted by Gasteiger charge is -2.09. The van der Waals surface area contributed by atoms with Crippen molar-refractivity contribution in [3.8, 4) is 5.75 Å². The quantitative estimate of drug-likeness (QED) is 0.294. The van der Waals surface area contributed by atoms with Crippen LogP contribution in [0.5, 0.6) is 5.75 Å². The van der Waals surface area contributed by atoms with Gasteiger partial charge in [0.1, 0.15) is 11.9 Å². The number of nitrogens with zero attached hydrogens (tertiary/aromatic N) is 3. The molecule has 1 aromatic heterocycles. The van der Waals surface area contributed by atoms with E-state index in [2.05, 4.69) is 15.3 Å². The summed E-state index contributed by atoms with van der Waals surface area (Å²) in [6, 6.07) is 13.3. The van der Waals surface area contributed by atoms with Crippen molar-refractivity contribution in [1.82, 2.24) is 4.98 Å². The maximum Gasteiger partial charge on any atom is 0.287 e. The number of phenols is 1. The van der Waals surface area contributed by atoms with E-state index >= 15 is 0 Å². The number of aliphatic imine (C=N–C) groups is 1. The molecule has 0 atom stereocenters. The minimum Gasteiger partial charge on any atom is -0.507 e. The zero-order chi connectivity index (χ0) is 17.1. The van der Waals surface area contributed by atoms with Crippen LogP contribution in [0.3, 0.4) is 0 Å². The molecule has 0 aliphatic carbocycles. The number of rotatable bonds is 3. The molecule has 8 heteroatoms. The first kappa shape index (κ1) is 15.2. The van der Waals surface area contributed by atoms with E-state index in [-0.39, 0.29) is 23.2 Å². The Balaban J connectivity index is 1.88. The van der Waals surface area contributed by atoms with Crippen LogP contribution < -0.4 is 11.1 Å². The molecule has 4 N–H and O–H groups in total. The highest BCUT2D eigenvalue weighted by molar-refractivity contribution is 6.04. The molecular weight excluding hydrogens is 310 g/mol. The van der Waals surface area contributed by atoms with E-state index in [4.69, 9.17) is 5.73 Å². The van der Waals surface area contributed by atoms with Gasteiger partial charge in [-0.3, -0.25) is 10.1 Å². The fourth-order valence-electron chi connectivity index (χ4n) is 2.24. The Kier molecular flexibility index (Phi) is 3.94. The molecule has 120 valence electrons. The first-order valence-corrected chi connectivity index (χ1v) is 6.97. The van der Waals surface area contributed by atoms with E-state index in [0.717, 1.165) is 11.6 Å². The monoisotopic (exact) mass is 323 g/mol. The number of guanidine groups is 1. The van der Waals surface area contributed by atoms with Gasteiger partial charge in [0.15, 0.2) is 11.8 Å². The summed E-state index contributed by atoms with van der Waals surface area (Å²) in [4.78, 5) is 18.0. The Labute approximate surface area is 136 Å². The molecule has 8 nitrogen and oxygen atoms in total. The molecule has 0 aliphatic heterocycles. The Morgan fingerprint density at radius 2 is 1.92 bits per heavy atom. The van der Waals surface area contributed by atoms with Crippen LogP contribution >= 0.6 is 0 Å². The molecule has 1 heterocycles. The van der Waals surface area contributed by atoms with Crippen molar-refractivity contribution in [3.05, 3.63) is 64.8 Å². The number of nitrogens with two attached hydrogens (primary N) is 1. The average molecular weight is 323 g/mol. The predicted octanol–water partition coefficient (Wildman–Crippen LogP) is 2.91. The first-order chi connectivity index (χ1) is 11.5. The van der Waals surface area contributed by atoms with Crippen LogP contribution in [0.25, 0.3) is 10.8 Å². The normalized spacial score (nSPS) is 11.4. The molecule has 0 fully saturated rings. The molecule has 0 radical (unpaired) electrons. The van der Waals surface area contributed by atoms with Gasteiger partial charge in [0.2, 0.25) is 0 Å². The van der Waals surface area contributed by atoms with Crippen molar-refractivity contribution in [2.75, 3.05) is 5.32 Å². The number of fused-ring (bicyclic) bond motifs is 1. The number of aromatic hydroxyl groups is 1. The van der Waals surface area contributed by atoms with Crippen LogP contribution in [0, 0.1) is 10.1 Å². The molecule has 0 spiro atoms. The number of nitro groups is 1. The number of anilines is 1. The topological polar surface area (TPSA) is 127 Å². The van der Waals surface area contributed by atoms with Crippen molar-refractivity contribution < 1.29 is 10.0 Å². The number of hydrogen-bond donors (Lipinski definition) is 3. The largest absolute Gasteiger partial charge is 0.507 e. The lowest BCUT2D eigenvalue weighted by molar-refractivity contribution is -0.385. The van der Waals surface area contributed by atoms with Gasteiger partial charge in [-0.05, 0) is 18.2 Å². The summed E-state index contributed by atoms with van der Waals surface area (Å²) in [5.41, 5.74) is 6.42. The van der Waals surface area contributed by atoms with Crippen LogP contribution in [0.1, 0.15) is 0 Å². The van der Waals surface area contributed by atoms with E-state index in [1.54, 1.807) is 30.3 Å². The van der Waals surface area contributed by atoms with Gasteiger partial charge in [-0.2, -0.15) is 4.99 Å². The van der Waals surface area contributed by atoms with E-state index < -0.39 is 4.92 Å². The van der Waals surface area contributed by atoms with Gasteiger partial charge in [0, 0.05) is 22.5 Å². The smallest absolute Gasteiger partial charge is 0.287 e. The third kappa shape index (κ3) is 3.07. The molecule has 0 aliphatic rings. The molecule has 3 aromatic rings. The van der Waals surface area contributed by atoms with Gasteiger partial charge < -0.3 is 16.2 Å². The summed E-state index contributed by atoms with van der Waals surface area (Å²) < 4.78 is 0. The minimum absolute atomic E-state index is 0.0761. The summed E-state index contributed by atoms with van der Waals surface area (Å²) in [6.07, 6.45) is 1.11. The summed E-state index contributed by atoms with van der Waals surface area (Å²) in [5, 5.41) is 24.9. The molecular formula is C16H13N5O3. The highest BCUT2D eigenvalue weighted by atomic mass is 16.6. The van der Waals surface area contributed by atoms with E-state index in [1.807, 2.05) is 6.07 Å². The summed E-state index contributed by atoms with van der Waals surface area (Å²) >= 11 is 0. The van der Waals surface area contributed by atoms with Crippen molar-refractivity contribution in [1.29, 1.82) is 0 Å². The maximum atomic E-state index is 10.6. The molecule has 2 aromatic carbocycles. The van der Waals surface area contributed by atoms with Crippen molar-refractivity contribution in [2.45, 2.75) is 0 Å². The molecule has 3 rings (SSSR count). The lowest BCUT2D eigenvalue weighted by atomic mass is 10.1. The minimum atomic E-state index is -0.537. The van der Waals surface area contributed by atoms with Crippen LogP contribution in [0.2, 0.25) is 0 Å². The van der Waals surface area contributed by atoms with E-state index in [0.29, 0.717) is 11.1 Å². The number of nitrogens with one attached hydrogen (secondary N) is 1. The molecule has 0 bridgehead atoms. The Morgan fingerprint density at radius 3 is 2.62 bits per heavy atom. The molecule has 0 saturated carbocycles. The predicted molar refractivity (Wildman–Crippen MR) is 91.4 cm³/mol. The van der Waals surface area contributed by atoms with Gasteiger partial charge in [0.05, 0.1) is 4.92 Å². The Hall–Kier alpha value is -3.68. The third-order valence-electron chi connectivity index (χ3n) is 3.34. The molecule has 0 amide bonds. The highest BCUT2D eigenvalue weighted by Crippen LogP contribution is 2.29. The van der Waals surface area contributed by atoms with Crippen molar-refractivity contribution in [2.24, 2.45) is 10.7 Å². The Morgan fingerprint density at radius 1 is 1.17 bits per heavy atom. The first-order valence-electron chi connectivity index (χ1n) is 6.97.